The van der Waals surface area contributed by atoms with Gasteiger partial charge in [-0.05, 0) is 25.1 Å². The Morgan fingerprint density at radius 1 is 1.37 bits per heavy atom. The number of rotatable bonds is 3. The van der Waals surface area contributed by atoms with E-state index in [-0.39, 0.29) is 5.38 Å². The summed E-state index contributed by atoms with van der Waals surface area (Å²) in [5.74, 6) is 1.54. The lowest BCUT2D eigenvalue weighted by Crippen LogP contribution is -2.05. The quantitative estimate of drug-likeness (QED) is 0.685. The molecule has 3 aromatic rings. The number of imidazole rings is 1. The van der Waals surface area contributed by atoms with Gasteiger partial charge >= 0.3 is 0 Å². The summed E-state index contributed by atoms with van der Waals surface area (Å²) >= 11 is 12.2. The highest BCUT2D eigenvalue weighted by Crippen LogP contribution is 2.27. The number of fused-ring (bicyclic) bond motifs is 1. The lowest BCUT2D eigenvalue weighted by molar-refractivity contribution is 0.376. The summed E-state index contributed by atoms with van der Waals surface area (Å²) in [6.45, 7) is 2.42. The van der Waals surface area contributed by atoms with Crippen molar-refractivity contribution in [1.82, 2.24) is 14.7 Å². The third kappa shape index (κ3) is 2.33. The number of benzene rings is 1. The van der Waals surface area contributed by atoms with Crippen LogP contribution < -0.4 is 0 Å². The monoisotopic (exact) mass is 295 g/mol. The molecule has 0 bridgehead atoms. The minimum absolute atomic E-state index is 0.200. The van der Waals surface area contributed by atoms with Crippen molar-refractivity contribution in [3.8, 4) is 0 Å². The number of aromatic nitrogens is 3. The normalized spacial score (nSPS) is 13.0. The first-order valence-electron chi connectivity index (χ1n) is 5.84. The maximum absolute atomic E-state index is 6.20. The molecule has 1 aromatic carbocycles. The van der Waals surface area contributed by atoms with Gasteiger partial charge in [0, 0.05) is 11.1 Å². The average Bonchev–Trinajstić information content (AvgIpc) is 2.98. The van der Waals surface area contributed by atoms with Crippen LogP contribution in [0.5, 0.6) is 0 Å². The molecule has 2 heterocycles. The highest BCUT2D eigenvalue weighted by Gasteiger charge is 2.16. The molecule has 0 fully saturated rings. The van der Waals surface area contributed by atoms with Crippen molar-refractivity contribution in [2.75, 3.05) is 0 Å². The Labute approximate surface area is 119 Å². The van der Waals surface area contributed by atoms with Crippen LogP contribution in [-0.4, -0.2) is 14.7 Å². The third-order valence-electron chi connectivity index (χ3n) is 2.90. The van der Waals surface area contributed by atoms with Crippen molar-refractivity contribution in [2.24, 2.45) is 0 Å². The van der Waals surface area contributed by atoms with Gasteiger partial charge in [-0.25, -0.2) is 4.98 Å². The van der Waals surface area contributed by atoms with Crippen molar-refractivity contribution < 1.29 is 4.52 Å². The van der Waals surface area contributed by atoms with Gasteiger partial charge in [-0.15, -0.1) is 11.6 Å². The van der Waals surface area contributed by atoms with E-state index in [1.54, 1.807) is 6.20 Å². The van der Waals surface area contributed by atoms with Crippen molar-refractivity contribution >= 4 is 34.2 Å². The van der Waals surface area contributed by atoms with Gasteiger partial charge in [0.25, 0.3) is 0 Å². The smallest absolute Gasteiger partial charge is 0.156 e. The van der Waals surface area contributed by atoms with Crippen LogP contribution in [0.4, 0.5) is 0 Å². The fraction of sp³-hybridized carbons (Fsp3) is 0.231. The first-order chi connectivity index (χ1) is 9.15. The molecule has 0 saturated carbocycles. The fourth-order valence-electron chi connectivity index (χ4n) is 2.06. The zero-order chi connectivity index (χ0) is 13.4. The number of hydrogen-bond acceptors (Lipinski definition) is 3. The van der Waals surface area contributed by atoms with Gasteiger partial charge in [0.05, 0.1) is 29.2 Å². The van der Waals surface area contributed by atoms with Crippen LogP contribution in [0.2, 0.25) is 5.02 Å². The summed E-state index contributed by atoms with van der Waals surface area (Å²) in [6, 6.07) is 7.40. The highest BCUT2D eigenvalue weighted by molar-refractivity contribution is 6.31. The Morgan fingerprint density at radius 2 is 2.21 bits per heavy atom. The number of hydrogen-bond donors (Lipinski definition) is 0. The SMILES string of the molecule is CC(Cl)c1nc2ccc(Cl)cc2n1Cc1ccno1. The third-order valence-corrected chi connectivity index (χ3v) is 3.33. The zero-order valence-corrected chi connectivity index (χ0v) is 11.7. The molecule has 0 aliphatic carbocycles. The van der Waals surface area contributed by atoms with Gasteiger partial charge < -0.3 is 9.09 Å². The number of alkyl halides is 1. The first-order valence-corrected chi connectivity index (χ1v) is 6.66. The van der Waals surface area contributed by atoms with Gasteiger partial charge in [-0.1, -0.05) is 16.8 Å². The van der Waals surface area contributed by atoms with E-state index in [0.29, 0.717) is 11.6 Å². The first kappa shape index (κ1) is 12.5. The van der Waals surface area contributed by atoms with E-state index >= 15 is 0 Å². The minimum atomic E-state index is -0.200. The topological polar surface area (TPSA) is 43.9 Å². The fourth-order valence-corrected chi connectivity index (χ4v) is 2.40. The maximum atomic E-state index is 6.20. The molecule has 98 valence electrons. The Hall–Kier alpha value is -1.52. The Bertz CT molecular complexity index is 704. The summed E-state index contributed by atoms with van der Waals surface area (Å²) in [7, 11) is 0. The van der Waals surface area contributed by atoms with Crippen LogP contribution in [0.15, 0.2) is 35.0 Å². The second-order valence-electron chi connectivity index (χ2n) is 4.28. The van der Waals surface area contributed by atoms with Crippen molar-refractivity contribution in [3.05, 3.63) is 47.1 Å². The van der Waals surface area contributed by atoms with Crippen LogP contribution in [0.3, 0.4) is 0 Å². The average molecular weight is 296 g/mol. The summed E-state index contributed by atoms with van der Waals surface area (Å²) in [5, 5.41) is 4.17. The molecule has 0 spiro atoms. The molecule has 0 amide bonds. The van der Waals surface area contributed by atoms with Gasteiger partial charge in [0.1, 0.15) is 5.82 Å². The summed E-state index contributed by atoms with van der Waals surface area (Å²) in [4.78, 5) is 4.54. The van der Waals surface area contributed by atoms with E-state index in [9.17, 15) is 0 Å². The van der Waals surface area contributed by atoms with E-state index in [1.807, 2.05) is 35.8 Å². The van der Waals surface area contributed by atoms with Crippen molar-refractivity contribution in [2.45, 2.75) is 18.8 Å². The number of halogens is 2. The van der Waals surface area contributed by atoms with E-state index in [4.69, 9.17) is 27.7 Å². The molecule has 19 heavy (non-hydrogen) atoms. The van der Waals surface area contributed by atoms with Crippen LogP contribution in [-0.2, 0) is 6.54 Å². The van der Waals surface area contributed by atoms with E-state index < -0.39 is 0 Å². The number of nitrogens with zero attached hydrogens (tertiary/aromatic N) is 3. The molecule has 1 unspecified atom stereocenters. The summed E-state index contributed by atoms with van der Waals surface area (Å²) in [6.07, 6.45) is 1.62. The second kappa shape index (κ2) is 4.87. The molecular weight excluding hydrogens is 285 g/mol. The minimum Gasteiger partial charge on any atom is -0.359 e. The Balaban J connectivity index is 2.18. The van der Waals surface area contributed by atoms with Crippen LogP contribution >= 0.6 is 23.2 Å². The molecule has 0 aliphatic rings. The van der Waals surface area contributed by atoms with Crippen LogP contribution in [0.1, 0.15) is 23.9 Å². The largest absolute Gasteiger partial charge is 0.359 e. The Kier molecular flexibility index (Phi) is 3.21. The summed E-state index contributed by atoms with van der Waals surface area (Å²) in [5.41, 5.74) is 1.80. The zero-order valence-electron chi connectivity index (χ0n) is 10.2. The standard InChI is InChI=1S/C13H11Cl2N3O/c1-8(14)13-17-11-3-2-9(15)6-12(11)18(13)7-10-4-5-16-19-10/h2-6,8H,7H2,1H3. The van der Waals surface area contributed by atoms with Crippen LogP contribution in [0, 0.1) is 0 Å². The Morgan fingerprint density at radius 3 is 2.89 bits per heavy atom. The van der Waals surface area contributed by atoms with E-state index in [1.165, 1.54) is 0 Å². The molecule has 0 radical (unpaired) electrons. The van der Waals surface area contributed by atoms with Gasteiger partial charge in [-0.2, -0.15) is 0 Å². The van der Waals surface area contributed by atoms with Gasteiger partial charge in [0.15, 0.2) is 5.76 Å². The van der Waals surface area contributed by atoms with Gasteiger partial charge in [-0.3, -0.25) is 0 Å². The highest BCUT2D eigenvalue weighted by atomic mass is 35.5. The van der Waals surface area contributed by atoms with Gasteiger partial charge in [0.2, 0.25) is 0 Å². The molecule has 3 rings (SSSR count). The second-order valence-corrected chi connectivity index (χ2v) is 5.38. The lowest BCUT2D eigenvalue weighted by Gasteiger charge is -2.08. The molecule has 0 aliphatic heterocycles. The van der Waals surface area contributed by atoms with E-state index in [2.05, 4.69) is 10.1 Å². The molecule has 1 atom stereocenters. The lowest BCUT2D eigenvalue weighted by atomic mass is 10.3. The molecular formula is C13H11Cl2N3O. The predicted molar refractivity (Wildman–Crippen MR) is 74.6 cm³/mol. The molecule has 0 N–H and O–H groups in total. The molecule has 0 saturated heterocycles. The van der Waals surface area contributed by atoms with Crippen molar-refractivity contribution in [1.29, 1.82) is 0 Å². The van der Waals surface area contributed by atoms with E-state index in [0.717, 1.165) is 22.6 Å². The summed E-state index contributed by atoms with van der Waals surface area (Å²) < 4.78 is 7.15. The molecule has 6 heteroatoms. The molecule has 4 nitrogen and oxygen atoms in total. The molecule has 2 aromatic heterocycles. The van der Waals surface area contributed by atoms with Crippen LogP contribution in [0.25, 0.3) is 11.0 Å². The maximum Gasteiger partial charge on any atom is 0.156 e. The van der Waals surface area contributed by atoms with Crippen molar-refractivity contribution in [3.63, 3.8) is 0 Å². The predicted octanol–water partition coefficient (Wildman–Crippen LogP) is 4.03.